The molecule has 0 radical (unpaired) electrons. The van der Waals surface area contributed by atoms with Crippen molar-refractivity contribution < 1.29 is 0 Å². The Morgan fingerprint density at radius 2 is 2.11 bits per heavy atom. The molecule has 0 amide bonds. The van der Waals surface area contributed by atoms with Gasteiger partial charge in [0.05, 0.1) is 5.69 Å². The summed E-state index contributed by atoms with van der Waals surface area (Å²) >= 11 is 0. The first-order valence-corrected chi connectivity index (χ1v) is 6.77. The van der Waals surface area contributed by atoms with Crippen molar-refractivity contribution in [2.75, 3.05) is 6.54 Å². The largest absolute Gasteiger partial charge is 0.336 e. The second-order valence-electron chi connectivity index (χ2n) is 5.00. The quantitative estimate of drug-likeness (QED) is 0.896. The van der Waals surface area contributed by atoms with Crippen LogP contribution in [-0.4, -0.2) is 21.1 Å². The Hall–Kier alpha value is -1.68. The fourth-order valence-corrected chi connectivity index (χ4v) is 2.28. The predicted molar refractivity (Wildman–Crippen MR) is 77.1 cm³/mol. The summed E-state index contributed by atoms with van der Waals surface area (Å²) < 4.78 is 2.05. The van der Waals surface area contributed by atoms with Gasteiger partial charge in [0.2, 0.25) is 0 Å². The van der Waals surface area contributed by atoms with E-state index in [0.717, 1.165) is 24.5 Å². The molecule has 2 rings (SSSR count). The standard InChI is InChI=1S/C15H22N4/c1-5-6-16-14(15-17-7-8-19(15)4)13-12(3)9-11(2)10-18-13/h7-10,14,16H,5-6H2,1-4H3. The van der Waals surface area contributed by atoms with Crippen molar-refractivity contribution in [3.05, 3.63) is 47.3 Å². The molecule has 4 heteroatoms. The number of nitrogens with one attached hydrogen (secondary N) is 1. The Morgan fingerprint density at radius 3 is 2.68 bits per heavy atom. The van der Waals surface area contributed by atoms with Gasteiger partial charge in [0, 0.05) is 25.6 Å². The second-order valence-corrected chi connectivity index (χ2v) is 5.00. The van der Waals surface area contributed by atoms with Gasteiger partial charge in [-0.1, -0.05) is 13.0 Å². The fourth-order valence-electron chi connectivity index (χ4n) is 2.28. The summed E-state index contributed by atoms with van der Waals surface area (Å²) in [5, 5.41) is 3.54. The first kappa shape index (κ1) is 13.7. The molecule has 0 fully saturated rings. The molecule has 0 saturated carbocycles. The number of hydrogen-bond donors (Lipinski definition) is 1. The highest BCUT2D eigenvalue weighted by Crippen LogP contribution is 2.22. The molecule has 2 aromatic heterocycles. The molecule has 1 N–H and O–H groups in total. The van der Waals surface area contributed by atoms with Crippen LogP contribution in [0.15, 0.2) is 24.7 Å². The van der Waals surface area contributed by atoms with Crippen molar-refractivity contribution in [2.45, 2.75) is 33.2 Å². The first-order chi connectivity index (χ1) is 9.13. The lowest BCUT2D eigenvalue weighted by molar-refractivity contribution is 0.542. The van der Waals surface area contributed by atoms with Gasteiger partial charge in [-0.25, -0.2) is 4.98 Å². The van der Waals surface area contributed by atoms with Crippen molar-refractivity contribution in [1.29, 1.82) is 0 Å². The molecule has 2 heterocycles. The molecule has 0 aliphatic carbocycles. The third-order valence-electron chi connectivity index (χ3n) is 3.24. The predicted octanol–water partition coefficient (Wildman–Crippen LogP) is 2.52. The minimum absolute atomic E-state index is 0.0561. The Bertz CT molecular complexity index is 545. The molecule has 0 aromatic carbocycles. The SMILES string of the molecule is CCCNC(c1ncc(C)cc1C)c1nccn1C. The van der Waals surface area contributed by atoms with Crippen LogP contribution < -0.4 is 5.32 Å². The summed E-state index contributed by atoms with van der Waals surface area (Å²) in [6, 6.07) is 2.23. The van der Waals surface area contributed by atoms with Gasteiger partial charge in [-0.2, -0.15) is 0 Å². The van der Waals surface area contributed by atoms with Gasteiger partial charge >= 0.3 is 0 Å². The Labute approximate surface area is 114 Å². The lowest BCUT2D eigenvalue weighted by Gasteiger charge is -2.20. The van der Waals surface area contributed by atoms with E-state index in [1.807, 2.05) is 30.2 Å². The molecular weight excluding hydrogens is 236 g/mol. The monoisotopic (exact) mass is 258 g/mol. The number of nitrogens with zero attached hydrogens (tertiary/aromatic N) is 3. The van der Waals surface area contributed by atoms with Crippen molar-refractivity contribution in [3.63, 3.8) is 0 Å². The average Bonchev–Trinajstić information content (AvgIpc) is 2.78. The summed E-state index contributed by atoms with van der Waals surface area (Å²) in [4.78, 5) is 9.08. The highest BCUT2D eigenvalue weighted by molar-refractivity contribution is 5.29. The highest BCUT2D eigenvalue weighted by Gasteiger charge is 2.20. The van der Waals surface area contributed by atoms with Gasteiger partial charge in [0.25, 0.3) is 0 Å². The van der Waals surface area contributed by atoms with Crippen molar-refractivity contribution in [1.82, 2.24) is 19.9 Å². The van der Waals surface area contributed by atoms with Gasteiger partial charge < -0.3 is 9.88 Å². The van der Waals surface area contributed by atoms with E-state index in [1.165, 1.54) is 11.1 Å². The maximum atomic E-state index is 4.61. The number of hydrogen-bond acceptors (Lipinski definition) is 3. The molecule has 2 aromatic rings. The maximum absolute atomic E-state index is 4.61. The smallest absolute Gasteiger partial charge is 0.131 e. The number of rotatable bonds is 5. The summed E-state index contributed by atoms with van der Waals surface area (Å²) in [5.41, 5.74) is 3.46. The topological polar surface area (TPSA) is 42.7 Å². The first-order valence-electron chi connectivity index (χ1n) is 6.77. The van der Waals surface area contributed by atoms with Gasteiger partial charge in [-0.3, -0.25) is 4.98 Å². The third kappa shape index (κ3) is 3.01. The number of aryl methyl sites for hydroxylation is 3. The third-order valence-corrected chi connectivity index (χ3v) is 3.24. The summed E-state index contributed by atoms with van der Waals surface area (Å²) in [6.07, 6.45) is 6.82. The van der Waals surface area contributed by atoms with Crippen LogP contribution in [0.4, 0.5) is 0 Å². The van der Waals surface area contributed by atoms with Crippen molar-refractivity contribution in [3.8, 4) is 0 Å². The van der Waals surface area contributed by atoms with Crippen LogP contribution in [0.25, 0.3) is 0 Å². The zero-order chi connectivity index (χ0) is 13.8. The molecule has 0 aliphatic heterocycles. The van der Waals surface area contributed by atoms with E-state index >= 15 is 0 Å². The van der Waals surface area contributed by atoms with Crippen LogP contribution in [-0.2, 0) is 7.05 Å². The lowest BCUT2D eigenvalue weighted by Crippen LogP contribution is -2.27. The van der Waals surface area contributed by atoms with Gasteiger partial charge in [0.1, 0.15) is 11.9 Å². The molecular formula is C15H22N4. The van der Waals surface area contributed by atoms with E-state index in [2.05, 4.69) is 42.1 Å². The molecule has 0 aliphatic rings. The summed E-state index contributed by atoms with van der Waals surface area (Å²) in [6.45, 7) is 7.29. The lowest BCUT2D eigenvalue weighted by atomic mass is 10.1. The van der Waals surface area contributed by atoms with E-state index in [1.54, 1.807) is 0 Å². The van der Waals surface area contributed by atoms with Gasteiger partial charge in [0.15, 0.2) is 0 Å². The van der Waals surface area contributed by atoms with Crippen LogP contribution in [0.5, 0.6) is 0 Å². The van der Waals surface area contributed by atoms with Gasteiger partial charge in [-0.15, -0.1) is 0 Å². The summed E-state index contributed by atoms with van der Waals surface area (Å²) in [7, 11) is 2.02. The molecule has 4 nitrogen and oxygen atoms in total. The summed E-state index contributed by atoms with van der Waals surface area (Å²) in [5.74, 6) is 1.01. The zero-order valence-corrected chi connectivity index (χ0v) is 12.1. The highest BCUT2D eigenvalue weighted by atomic mass is 15.1. The molecule has 0 saturated heterocycles. The van der Waals surface area contributed by atoms with E-state index in [0.29, 0.717) is 0 Å². The van der Waals surface area contributed by atoms with Gasteiger partial charge in [-0.05, 0) is 37.9 Å². The van der Waals surface area contributed by atoms with Crippen LogP contribution in [0.1, 0.15) is 42.0 Å². The maximum Gasteiger partial charge on any atom is 0.131 e. The molecule has 0 spiro atoms. The molecule has 1 unspecified atom stereocenters. The van der Waals surface area contributed by atoms with Crippen LogP contribution in [0.2, 0.25) is 0 Å². The van der Waals surface area contributed by atoms with E-state index in [9.17, 15) is 0 Å². The minimum Gasteiger partial charge on any atom is -0.336 e. The van der Waals surface area contributed by atoms with Crippen LogP contribution >= 0.6 is 0 Å². The van der Waals surface area contributed by atoms with Crippen LogP contribution in [0.3, 0.4) is 0 Å². The Morgan fingerprint density at radius 1 is 1.32 bits per heavy atom. The second kappa shape index (κ2) is 5.97. The minimum atomic E-state index is 0.0561. The Balaban J connectivity index is 2.40. The Kier molecular flexibility index (Phi) is 4.32. The van der Waals surface area contributed by atoms with E-state index in [4.69, 9.17) is 0 Å². The van der Waals surface area contributed by atoms with Crippen molar-refractivity contribution >= 4 is 0 Å². The van der Waals surface area contributed by atoms with E-state index in [-0.39, 0.29) is 6.04 Å². The normalized spacial score (nSPS) is 12.6. The number of imidazole rings is 1. The van der Waals surface area contributed by atoms with E-state index < -0.39 is 0 Å². The van der Waals surface area contributed by atoms with Crippen LogP contribution in [0, 0.1) is 13.8 Å². The van der Waals surface area contributed by atoms with Crippen molar-refractivity contribution in [2.24, 2.45) is 7.05 Å². The molecule has 0 bridgehead atoms. The fraction of sp³-hybridized carbons (Fsp3) is 0.467. The number of aromatic nitrogens is 3. The average molecular weight is 258 g/mol. The number of pyridine rings is 1. The zero-order valence-electron chi connectivity index (χ0n) is 12.1. The molecule has 1 atom stereocenters. The molecule has 19 heavy (non-hydrogen) atoms. The molecule has 102 valence electrons.